The summed E-state index contributed by atoms with van der Waals surface area (Å²) in [5.74, 6) is -0.0865. The Kier molecular flexibility index (Phi) is 3.09. The van der Waals surface area contributed by atoms with Gasteiger partial charge in [-0.2, -0.15) is 0 Å². The van der Waals surface area contributed by atoms with E-state index >= 15 is 0 Å². The van der Waals surface area contributed by atoms with Crippen molar-refractivity contribution in [1.29, 1.82) is 0 Å². The number of anilines is 1. The van der Waals surface area contributed by atoms with Crippen LogP contribution >= 0.6 is 0 Å². The normalized spacial score (nSPS) is 18.5. The van der Waals surface area contributed by atoms with Crippen molar-refractivity contribution in [2.75, 3.05) is 5.73 Å². The highest BCUT2D eigenvalue weighted by atomic mass is 16.5. The van der Waals surface area contributed by atoms with E-state index in [4.69, 9.17) is 10.5 Å². The Hall–Kier alpha value is -1.51. The van der Waals surface area contributed by atoms with Gasteiger partial charge in [-0.15, -0.1) is 0 Å². The molecule has 0 amide bonds. The number of esters is 1. The second-order valence-electron chi connectivity index (χ2n) is 4.83. The SMILES string of the molecule is CCC(C)OC(=O)C1(c2ccc(N)cc2)CC1. The predicted octanol–water partition coefficient (Wildman–Crippen LogP) is 2.64. The van der Waals surface area contributed by atoms with Crippen molar-refractivity contribution >= 4 is 11.7 Å². The second kappa shape index (κ2) is 4.40. The van der Waals surface area contributed by atoms with Gasteiger partial charge in [-0.1, -0.05) is 19.1 Å². The third-order valence-corrected chi connectivity index (χ3v) is 3.49. The first kappa shape index (κ1) is 12.0. The predicted molar refractivity (Wildman–Crippen MR) is 67.6 cm³/mol. The molecule has 1 aliphatic rings. The maximum Gasteiger partial charge on any atom is 0.316 e. The number of nitrogen functional groups attached to an aromatic ring is 1. The molecule has 2 N–H and O–H groups in total. The molecule has 1 fully saturated rings. The zero-order valence-electron chi connectivity index (χ0n) is 10.4. The second-order valence-corrected chi connectivity index (χ2v) is 4.83. The number of carbonyl (C=O) groups excluding carboxylic acids is 1. The van der Waals surface area contributed by atoms with Crippen LogP contribution in [0.4, 0.5) is 5.69 Å². The molecule has 0 radical (unpaired) electrons. The first-order valence-corrected chi connectivity index (χ1v) is 6.15. The summed E-state index contributed by atoms with van der Waals surface area (Å²) in [4.78, 5) is 12.1. The van der Waals surface area contributed by atoms with Gasteiger partial charge in [0.1, 0.15) is 0 Å². The van der Waals surface area contributed by atoms with E-state index < -0.39 is 5.41 Å². The molecule has 92 valence electrons. The molecule has 3 nitrogen and oxygen atoms in total. The molecule has 1 saturated carbocycles. The number of ether oxygens (including phenoxy) is 1. The van der Waals surface area contributed by atoms with E-state index in [9.17, 15) is 4.79 Å². The van der Waals surface area contributed by atoms with Gasteiger partial charge in [0.15, 0.2) is 0 Å². The first-order valence-electron chi connectivity index (χ1n) is 6.15. The maximum absolute atomic E-state index is 12.1. The molecule has 1 aromatic rings. The van der Waals surface area contributed by atoms with Gasteiger partial charge >= 0.3 is 5.97 Å². The molecule has 0 spiro atoms. The van der Waals surface area contributed by atoms with E-state index in [0.29, 0.717) is 0 Å². The fraction of sp³-hybridized carbons (Fsp3) is 0.500. The molecule has 2 rings (SSSR count). The molecule has 0 saturated heterocycles. The average molecular weight is 233 g/mol. The van der Waals surface area contributed by atoms with Crippen molar-refractivity contribution in [3.8, 4) is 0 Å². The van der Waals surface area contributed by atoms with E-state index in [0.717, 1.165) is 30.5 Å². The Balaban J connectivity index is 2.14. The van der Waals surface area contributed by atoms with Crippen LogP contribution in [0, 0.1) is 0 Å². The molecule has 0 aromatic heterocycles. The van der Waals surface area contributed by atoms with Gasteiger partial charge in [0.05, 0.1) is 11.5 Å². The van der Waals surface area contributed by atoms with E-state index in [1.54, 1.807) is 0 Å². The first-order chi connectivity index (χ1) is 8.08. The number of carbonyl (C=O) groups is 1. The van der Waals surface area contributed by atoms with Crippen molar-refractivity contribution in [3.63, 3.8) is 0 Å². The minimum Gasteiger partial charge on any atom is -0.462 e. The zero-order chi connectivity index (χ0) is 12.5. The average Bonchev–Trinajstić information content (AvgIpc) is 3.11. The van der Waals surface area contributed by atoms with Crippen LogP contribution in [-0.4, -0.2) is 12.1 Å². The number of hydrogen-bond acceptors (Lipinski definition) is 3. The Morgan fingerprint density at radius 3 is 2.47 bits per heavy atom. The summed E-state index contributed by atoms with van der Waals surface area (Å²) in [5, 5.41) is 0. The fourth-order valence-electron chi connectivity index (χ4n) is 1.92. The van der Waals surface area contributed by atoms with Gasteiger partial charge in [-0.25, -0.2) is 0 Å². The summed E-state index contributed by atoms with van der Waals surface area (Å²) in [6.45, 7) is 3.94. The van der Waals surface area contributed by atoms with Crippen LogP contribution in [0.15, 0.2) is 24.3 Å². The lowest BCUT2D eigenvalue weighted by Gasteiger charge is -2.18. The quantitative estimate of drug-likeness (QED) is 0.642. The summed E-state index contributed by atoms with van der Waals surface area (Å²) in [5.41, 5.74) is 7.01. The number of rotatable bonds is 4. The monoisotopic (exact) mass is 233 g/mol. The standard InChI is InChI=1S/C14H19NO2/c1-3-10(2)17-13(16)14(8-9-14)11-4-6-12(15)7-5-11/h4-7,10H,3,8-9,15H2,1-2H3. The molecule has 1 aromatic carbocycles. The molecule has 17 heavy (non-hydrogen) atoms. The Morgan fingerprint density at radius 2 is 2.00 bits per heavy atom. The minimum atomic E-state index is -0.392. The Bertz CT molecular complexity index is 407. The molecule has 0 bridgehead atoms. The van der Waals surface area contributed by atoms with Crippen molar-refractivity contribution in [1.82, 2.24) is 0 Å². The van der Waals surface area contributed by atoms with Gasteiger partial charge in [-0.3, -0.25) is 4.79 Å². The zero-order valence-corrected chi connectivity index (χ0v) is 10.4. The van der Waals surface area contributed by atoms with Gasteiger partial charge in [0, 0.05) is 5.69 Å². The Morgan fingerprint density at radius 1 is 1.41 bits per heavy atom. The van der Waals surface area contributed by atoms with Crippen molar-refractivity contribution < 1.29 is 9.53 Å². The van der Waals surface area contributed by atoms with Crippen molar-refractivity contribution in [3.05, 3.63) is 29.8 Å². The summed E-state index contributed by atoms with van der Waals surface area (Å²) in [7, 11) is 0. The number of nitrogens with two attached hydrogens (primary N) is 1. The minimum absolute atomic E-state index is 0.00578. The molecule has 0 heterocycles. The van der Waals surface area contributed by atoms with E-state index in [-0.39, 0.29) is 12.1 Å². The van der Waals surface area contributed by atoms with Crippen LogP contribution in [0.5, 0.6) is 0 Å². The van der Waals surface area contributed by atoms with E-state index in [2.05, 4.69) is 0 Å². The summed E-state index contributed by atoms with van der Waals surface area (Å²) < 4.78 is 5.44. The van der Waals surface area contributed by atoms with Crippen LogP contribution in [0.3, 0.4) is 0 Å². The van der Waals surface area contributed by atoms with E-state index in [1.165, 1.54) is 0 Å². The topological polar surface area (TPSA) is 52.3 Å². The highest BCUT2D eigenvalue weighted by Gasteiger charge is 2.53. The highest BCUT2D eigenvalue weighted by molar-refractivity contribution is 5.86. The highest BCUT2D eigenvalue weighted by Crippen LogP contribution is 2.49. The van der Waals surface area contributed by atoms with Crippen LogP contribution in [0.2, 0.25) is 0 Å². The molecule has 1 aliphatic carbocycles. The summed E-state index contributed by atoms with van der Waals surface area (Å²) in [6.07, 6.45) is 2.61. The largest absolute Gasteiger partial charge is 0.462 e. The Labute approximate surface area is 102 Å². The molecular formula is C14H19NO2. The number of hydrogen-bond donors (Lipinski definition) is 1. The van der Waals surface area contributed by atoms with Gasteiger partial charge < -0.3 is 10.5 Å². The molecule has 1 unspecified atom stereocenters. The van der Waals surface area contributed by atoms with Crippen LogP contribution in [0.1, 0.15) is 38.7 Å². The fourth-order valence-corrected chi connectivity index (χ4v) is 1.92. The lowest BCUT2D eigenvalue weighted by molar-refractivity contribution is -0.151. The molecule has 1 atom stereocenters. The van der Waals surface area contributed by atoms with E-state index in [1.807, 2.05) is 38.1 Å². The lowest BCUT2D eigenvalue weighted by atomic mass is 9.96. The third-order valence-electron chi connectivity index (χ3n) is 3.49. The van der Waals surface area contributed by atoms with Gasteiger partial charge in [-0.05, 0) is 43.9 Å². The van der Waals surface area contributed by atoms with Gasteiger partial charge in [0.25, 0.3) is 0 Å². The third kappa shape index (κ3) is 2.28. The summed E-state index contributed by atoms with van der Waals surface area (Å²) >= 11 is 0. The molecule has 3 heteroatoms. The van der Waals surface area contributed by atoms with Crippen LogP contribution < -0.4 is 5.73 Å². The molecular weight excluding hydrogens is 214 g/mol. The van der Waals surface area contributed by atoms with Crippen molar-refractivity contribution in [2.45, 2.75) is 44.6 Å². The lowest BCUT2D eigenvalue weighted by Crippen LogP contribution is -2.26. The molecule has 0 aliphatic heterocycles. The van der Waals surface area contributed by atoms with Crippen molar-refractivity contribution in [2.24, 2.45) is 0 Å². The smallest absolute Gasteiger partial charge is 0.316 e. The van der Waals surface area contributed by atoms with Crippen LogP contribution in [0.25, 0.3) is 0 Å². The summed E-state index contributed by atoms with van der Waals surface area (Å²) in [6, 6.07) is 7.54. The number of benzene rings is 1. The maximum atomic E-state index is 12.1. The van der Waals surface area contributed by atoms with Crippen LogP contribution in [-0.2, 0) is 14.9 Å². The van der Waals surface area contributed by atoms with Gasteiger partial charge in [0.2, 0.25) is 0 Å².